The summed E-state index contributed by atoms with van der Waals surface area (Å²) in [4.78, 5) is 35.5. The molecule has 0 saturated heterocycles. The van der Waals surface area contributed by atoms with E-state index in [1.54, 1.807) is 24.3 Å². The molecule has 3 rings (SSSR count). The van der Waals surface area contributed by atoms with Crippen molar-refractivity contribution in [1.29, 1.82) is 0 Å². The summed E-state index contributed by atoms with van der Waals surface area (Å²) in [6.45, 7) is 1.45. The largest absolute Gasteiger partial charge is 0.485 e. The number of para-hydroxylation sites is 2. The second kappa shape index (κ2) is 7.77. The Morgan fingerprint density at radius 2 is 1.78 bits per heavy atom. The number of nitrogens with one attached hydrogen (secondary N) is 1. The minimum absolute atomic E-state index is 0.00123. The summed E-state index contributed by atoms with van der Waals surface area (Å²) in [5.74, 6) is -0.793. The van der Waals surface area contributed by atoms with Crippen LogP contribution in [-0.4, -0.2) is 36.6 Å². The van der Waals surface area contributed by atoms with Crippen molar-refractivity contribution in [2.45, 2.75) is 19.1 Å². The Kier molecular flexibility index (Phi) is 5.25. The molecule has 0 fully saturated rings. The first-order valence-corrected chi connectivity index (χ1v) is 8.24. The van der Waals surface area contributed by atoms with Gasteiger partial charge in [0.1, 0.15) is 6.61 Å². The zero-order valence-electron chi connectivity index (χ0n) is 14.5. The van der Waals surface area contributed by atoms with Crippen LogP contribution in [0.4, 0.5) is 5.69 Å². The zero-order chi connectivity index (χ0) is 19.4. The lowest BCUT2D eigenvalue weighted by Gasteiger charge is -2.25. The van der Waals surface area contributed by atoms with Gasteiger partial charge in [0.25, 0.3) is 5.91 Å². The highest BCUT2D eigenvalue weighted by Crippen LogP contribution is 2.31. The molecular formula is C19H18N2O6. The maximum atomic E-state index is 12.2. The van der Waals surface area contributed by atoms with E-state index in [4.69, 9.17) is 19.9 Å². The van der Waals surface area contributed by atoms with Gasteiger partial charge in [0.05, 0.1) is 0 Å². The van der Waals surface area contributed by atoms with Gasteiger partial charge in [-0.15, -0.1) is 0 Å². The van der Waals surface area contributed by atoms with E-state index in [1.165, 1.54) is 31.2 Å². The van der Waals surface area contributed by atoms with E-state index in [-0.39, 0.29) is 6.61 Å². The number of hydrogen-bond donors (Lipinski definition) is 2. The molecule has 1 heterocycles. The van der Waals surface area contributed by atoms with Gasteiger partial charge >= 0.3 is 5.97 Å². The predicted molar refractivity (Wildman–Crippen MR) is 95.5 cm³/mol. The highest BCUT2D eigenvalue weighted by Gasteiger charge is 2.31. The molecule has 0 radical (unpaired) electrons. The summed E-state index contributed by atoms with van der Waals surface area (Å²) in [7, 11) is 0. The molecule has 2 amide bonds. The minimum Gasteiger partial charge on any atom is -0.485 e. The average Bonchev–Trinajstić information content (AvgIpc) is 2.67. The SMILES string of the molecule is C[C@H](OC(=O)[C@H]1COc2ccccc2O1)C(=O)Nc1ccc(C(N)=O)cc1. The number of carbonyl (C=O) groups excluding carboxylic acids is 3. The molecule has 0 aromatic heterocycles. The van der Waals surface area contributed by atoms with Crippen molar-refractivity contribution >= 4 is 23.5 Å². The summed E-state index contributed by atoms with van der Waals surface area (Å²) < 4.78 is 16.2. The van der Waals surface area contributed by atoms with Crippen LogP contribution in [0.15, 0.2) is 48.5 Å². The van der Waals surface area contributed by atoms with Crippen LogP contribution in [0.25, 0.3) is 0 Å². The number of nitrogens with two attached hydrogens (primary N) is 1. The maximum Gasteiger partial charge on any atom is 0.351 e. The Hall–Kier alpha value is -3.55. The lowest BCUT2D eigenvalue weighted by Crippen LogP contribution is -2.41. The Balaban J connectivity index is 1.55. The Labute approximate surface area is 155 Å². The van der Waals surface area contributed by atoms with Gasteiger partial charge in [0, 0.05) is 11.3 Å². The van der Waals surface area contributed by atoms with E-state index in [9.17, 15) is 14.4 Å². The lowest BCUT2D eigenvalue weighted by molar-refractivity contribution is -0.162. The van der Waals surface area contributed by atoms with Crippen LogP contribution in [0.2, 0.25) is 0 Å². The number of esters is 1. The number of amides is 2. The van der Waals surface area contributed by atoms with Crippen molar-refractivity contribution in [2.75, 3.05) is 11.9 Å². The number of primary amides is 1. The minimum atomic E-state index is -1.05. The van der Waals surface area contributed by atoms with E-state index in [0.29, 0.717) is 22.7 Å². The molecule has 2 aromatic rings. The molecule has 0 unspecified atom stereocenters. The molecule has 27 heavy (non-hydrogen) atoms. The van der Waals surface area contributed by atoms with Crippen LogP contribution >= 0.6 is 0 Å². The van der Waals surface area contributed by atoms with Gasteiger partial charge in [-0.05, 0) is 43.3 Å². The monoisotopic (exact) mass is 370 g/mol. The average molecular weight is 370 g/mol. The standard InChI is InChI=1S/C19H18N2O6/c1-11(18(23)21-13-8-6-12(7-9-13)17(20)22)26-19(24)16-10-25-14-4-2-3-5-15(14)27-16/h2-9,11,16H,10H2,1H3,(H2,20,22)(H,21,23)/t11-,16+/m0/s1. The molecule has 2 aromatic carbocycles. The highest BCUT2D eigenvalue weighted by atomic mass is 16.6. The van der Waals surface area contributed by atoms with Crippen LogP contribution in [0.1, 0.15) is 17.3 Å². The first-order chi connectivity index (χ1) is 12.9. The number of hydrogen-bond acceptors (Lipinski definition) is 6. The van der Waals surface area contributed by atoms with Gasteiger partial charge < -0.3 is 25.3 Å². The van der Waals surface area contributed by atoms with Crippen LogP contribution in [0.5, 0.6) is 11.5 Å². The van der Waals surface area contributed by atoms with Crippen molar-refractivity contribution < 1.29 is 28.6 Å². The zero-order valence-corrected chi connectivity index (χ0v) is 14.5. The Morgan fingerprint density at radius 1 is 1.11 bits per heavy atom. The third-order valence-corrected chi connectivity index (χ3v) is 3.87. The van der Waals surface area contributed by atoms with Crippen molar-refractivity contribution in [3.8, 4) is 11.5 Å². The fourth-order valence-corrected chi connectivity index (χ4v) is 2.40. The molecule has 140 valence electrons. The smallest absolute Gasteiger partial charge is 0.351 e. The van der Waals surface area contributed by atoms with Gasteiger partial charge in [-0.1, -0.05) is 12.1 Å². The number of rotatable bonds is 5. The third-order valence-electron chi connectivity index (χ3n) is 3.87. The van der Waals surface area contributed by atoms with Gasteiger partial charge in [-0.25, -0.2) is 4.79 Å². The number of fused-ring (bicyclic) bond motifs is 1. The van der Waals surface area contributed by atoms with Crippen LogP contribution in [0, 0.1) is 0 Å². The molecule has 0 saturated carbocycles. The van der Waals surface area contributed by atoms with Gasteiger partial charge in [-0.3, -0.25) is 9.59 Å². The Bertz CT molecular complexity index is 865. The quantitative estimate of drug-likeness (QED) is 0.770. The molecular weight excluding hydrogens is 352 g/mol. The summed E-state index contributed by atoms with van der Waals surface area (Å²) in [6, 6.07) is 13.0. The lowest BCUT2D eigenvalue weighted by atomic mass is 10.2. The molecule has 8 nitrogen and oxygen atoms in total. The fourth-order valence-electron chi connectivity index (χ4n) is 2.40. The second-order valence-corrected chi connectivity index (χ2v) is 5.87. The first kappa shape index (κ1) is 18.2. The summed E-state index contributed by atoms with van der Waals surface area (Å²) in [5.41, 5.74) is 5.93. The van der Waals surface area contributed by atoms with Crippen LogP contribution in [0.3, 0.4) is 0 Å². The number of ether oxygens (including phenoxy) is 3. The summed E-state index contributed by atoms with van der Waals surface area (Å²) >= 11 is 0. The van der Waals surface area contributed by atoms with Crippen molar-refractivity contribution in [2.24, 2.45) is 5.73 Å². The molecule has 1 aliphatic heterocycles. The molecule has 1 aliphatic rings. The van der Waals surface area contributed by atoms with Gasteiger partial charge in [0.15, 0.2) is 17.6 Å². The topological polar surface area (TPSA) is 117 Å². The van der Waals surface area contributed by atoms with Crippen molar-refractivity contribution in [1.82, 2.24) is 0 Å². The molecule has 0 spiro atoms. The normalized spacial score (nSPS) is 16.1. The molecule has 2 atom stereocenters. The van der Waals surface area contributed by atoms with E-state index >= 15 is 0 Å². The number of benzene rings is 2. The summed E-state index contributed by atoms with van der Waals surface area (Å²) in [5, 5.41) is 2.59. The van der Waals surface area contributed by atoms with Crippen molar-refractivity contribution in [3.05, 3.63) is 54.1 Å². The predicted octanol–water partition coefficient (Wildman–Crippen LogP) is 1.50. The first-order valence-electron chi connectivity index (χ1n) is 8.24. The van der Waals surface area contributed by atoms with E-state index in [1.807, 2.05) is 0 Å². The molecule has 8 heteroatoms. The third kappa shape index (κ3) is 4.35. The van der Waals surface area contributed by atoms with E-state index in [2.05, 4.69) is 5.32 Å². The van der Waals surface area contributed by atoms with E-state index < -0.39 is 30.0 Å². The van der Waals surface area contributed by atoms with Crippen LogP contribution < -0.4 is 20.5 Å². The molecule has 3 N–H and O–H groups in total. The fraction of sp³-hybridized carbons (Fsp3) is 0.211. The van der Waals surface area contributed by atoms with Crippen molar-refractivity contribution in [3.63, 3.8) is 0 Å². The summed E-state index contributed by atoms with van der Waals surface area (Å²) in [6.07, 6.45) is -2.00. The maximum absolute atomic E-state index is 12.2. The number of carbonyl (C=O) groups is 3. The Morgan fingerprint density at radius 3 is 2.44 bits per heavy atom. The highest BCUT2D eigenvalue weighted by molar-refractivity contribution is 5.97. The van der Waals surface area contributed by atoms with Crippen LogP contribution in [-0.2, 0) is 14.3 Å². The van der Waals surface area contributed by atoms with Gasteiger partial charge in [0.2, 0.25) is 12.0 Å². The molecule has 0 aliphatic carbocycles. The van der Waals surface area contributed by atoms with Gasteiger partial charge in [-0.2, -0.15) is 0 Å². The molecule has 0 bridgehead atoms. The second-order valence-electron chi connectivity index (χ2n) is 5.87. The van der Waals surface area contributed by atoms with E-state index in [0.717, 1.165) is 0 Å². The number of anilines is 1.